The first kappa shape index (κ1) is 29.4. The number of carbonyl (C=O) groups excluding carboxylic acids is 1. The molecule has 0 radical (unpaired) electrons. The summed E-state index contributed by atoms with van der Waals surface area (Å²) in [5.74, 6) is 1.60. The third kappa shape index (κ3) is 6.08. The molecular formula is C37H46N4O2. The van der Waals surface area contributed by atoms with Gasteiger partial charge in [0.25, 0.3) is 0 Å². The van der Waals surface area contributed by atoms with Gasteiger partial charge >= 0.3 is 0 Å². The number of amides is 1. The number of aryl methyl sites for hydroxylation is 2. The number of benzene rings is 2. The molecule has 3 fully saturated rings. The maximum Gasteiger partial charge on any atom is 0.232 e. The van der Waals surface area contributed by atoms with E-state index in [2.05, 4.69) is 90.3 Å². The summed E-state index contributed by atoms with van der Waals surface area (Å²) >= 11 is 0. The van der Waals surface area contributed by atoms with Gasteiger partial charge < -0.3 is 19.9 Å². The summed E-state index contributed by atoms with van der Waals surface area (Å²) in [7, 11) is 1.64. The molecule has 4 aromatic rings. The van der Waals surface area contributed by atoms with Crippen molar-refractivity contribution in [3.8, 4) is 17.1 Å². The van der Waals surface area contributed by atoms with Crippen LogP contribution in [-0.4, -0.2) is 53.6 Å². The van der Waals surface area contributed by atoms with E-state index in [1.54, 1.807) is 7.11 Å². The van der Waals surface area contributed by atoms with E-state index in [9.17, 15) is 4.79 Å². The Bertz CT molecular complexity index is 1570. The van der Waals surface area contributed by atoms with Crippen LogP contribution in [0.2, 0.25) is 0 Å². The predicted molar refractivity (Wildman–Crippen MR) is 175 cm³/mol. The van der Waals surface area contributed by atoms with Crippen LogP contribution < -0.4 is 10.1 Å². The Morgan fingerprint density at radius 1 is 1.00 bits per heavy atom. The van der Waals surface area contributed by atoms with Crippen molar-refractivity contribution in [2.75, 3.05) is 26.7 Å². The van der Waals surface area contributed by atoms with Crippen LogP contribution in [0, 0.1) is 19.8 Å². The van der Waals surface area contributed by atoms with Crippen LogP contribution in [0.1, 0.15) is 67.3 Å². The van der Waals surface area contributed by atoms with Gasteiger partial charge in [-0.25, -0.2) is 4.98 Å². The Labute approximate surface area is 256 Å². The maximum atomic E-state index is 14.0. The molecule has 0 unspecified atom stereocenters. The molecule has 3 aliphatic rings. The molecule has 1 saturated carbocycles. The van der Waals surface area contributed by atoms with Crippen LogP contribution in [0.5, 0.6) is 5.88 Å². The molecular weight excluding hydrogens is 532 g/mol. The van der Waals surface area contributed by atoms with E-state index in [-0.39, 0.29) is 5.91 Å². The molecule has 2 N–H and O–H groups in total. The molecule has 6 heteroatoms. The second-order valence-corrected chi connectivity index (χ2v) is 13.3. The van der Waals surface area contributed by atoms with Crippen LogP contribution in [0.25, 0.3) is 22.2 Å². The first-order valence-corrected chi connectivity index (χ1v) is 16.0. The van der Waals surface area contributed by atoms with Crippen molar-refractivity contribution < 1.29 is 9.53 Å². The van der Waals surface area contributed by atoms with Gasteiger partial charge in [0.1, 0.15) is 0 Å². The van der Waals surface area contributed by atoms with Gasteiger partial charge in [0.2, 0.25) is 11.8 Å². The number of pyridine rings is 1. The number of nitrogens with one attached hydrogen (secondary N) is 2. The fourth-order valence-electron chi connectivity index (χ4n) is 7.31. The first-order valence-electron chi connectivity index (χ1n) is 16.0. The molecule has 2 bridgehead atoms. The third-order valence-electron chi connectivity index (χ3n) is 9.79. The standard InChI is InChI=1S/C37H46N4O2/c1-24-18-25(2)20-28(19-24)35-31(15-17-38-16-14-26-8-13-34(43-5)39-22-26)32-21-29(9-12-33(32)40-35)37(3,4)36(42)41-23-27-6-10-30(41)11-7-27/h8-9,12-13,18-22,27,30,38,40H,6-7,10-11,14-17,23H2,1-5H3. The van der Waals surface area contributed by atoms with Gasteiger partial charge in [-0.05, 0) is 132 Å². The zero-order valence-electron chi connectivity index (χ0n) is 26.4. The average Bonchev–Trinajstić information content (AvgIpc) is 3.38. The van der Waals surface area contributed by atoms with Crippen molar-refractivity contribution in [1.29, 1.82) is 0 Å². The SMILES string of the molecule is COc1ccc(CCNCCc2c(-c3cc(C)cc(C)c3)[nH]c3ccc(C(C)(C)C(=O)N4CC5CCC4CC5)cc23)cn1. The van der Waals surface area contributed by atoms with Crippen LogP contribution in [-0.2, 0) is 23.1 Å². The lowest BCUT2D eigenvalue weighted by molar-refractivity contribution is -0.144. The number of aromatic amines is 1. The lowest BCUT2D eigenvalue weighted by Crippen LogP contribution is -2.55. The summed E-state index contributed by atoms with van der Waals surface area (Å²) in [5.41, 5.74) is 9.05. The summed E-state index contributed by atoms with van der Waals surface area (Å²) in [6.45, 7) is 11.2. The molecule has 2 saturated heterocycles. The number of methoxy groups -OCH3 is 1. The van der Waals surface area contributed by atoms with Crippen molar-refractivity contribution in [2.45, 2.75) is 77.7 Å². The first-order chi connectivity index (χ1) is 20.7. The van der Waals surface area contributed by atoms with Gasteiger partial charge in [-0.1, -0.05) is 29.3 Å². The maximum absolute atomic E-state index is 14.0. The highest BCUT2D eigenvalue weighted by atomic mass is 16.5. The summed E-state index contributed by atoms with van der Waals surface area (Å²) in [6.07, 6.45) is 8.56. The van der Waals surface area contributed by atoms with Gasteiger partial charge in [-0.2, -0.15) is 0 Å². The highest BCUT2D eigenvalue weighted by Crippen LogP contribution is 2.40. The van der Waals surface area contributed by atoms with E-state index >= 15 is 0 Å². The Morgan fingerprint density at radius 3 is 2.40 bits per heavy atom. The van der Waals surface area contributed by atoms with E-state index in [4.69, 9.17) is 4.74 Å². The minimum Gasteiger partial charge on any atom is -0.481 e. The number of hydrogen-bond donors (Lipinski definition) is 2. The van der Waals surface area contributed by atoms with E-state index in [1.807, 2.05) is 12.3 Å². The number of rotatable bonds is 10. The van der Waals surface area contributed by atoms with Crippen LogP contribution in [0.4, 0.5) is 0 Å². The fraction of sp³-hybridized carbons (Fsp3) is 0.459. The van der Waals surface area contributed by atoms with Crippen LogP contribution in [0.3, 0.4) is 0 Å². The normalized spacial score (nSPS) is 18.4. The molecule has 2 aromatic carbocycles. The molecule has 7 rings (SSSR count). The number of ether oxygens (including phenoxy) is 1. The van der Waals surface area contributed by atoms with E-state index in [0.29, 0.717) is 17.8 Å². The molecule has 2 aromatic heterocycles. The van der Waals surface area contributed by atoms with Crippen molar-refractivity contribution in [1.82, 2.24) is 20.2 Å². The van der Waals surface area contributed by atoms with Gasteiger partial charge in [-0.15, -0.1) is 0 Å². The number of nitrogens with zero attached hydrogens (tertiary/aromatic N) is 2. The number of hydrogen-bond acceptors (Lipinski definition) is 4. The molecule has 0 spiro atoms. The topological polar surface area (TPSA) is 70.2 Å². The lowest BCUT2D eigenvalue weighted by Gasteiger charge is -2.47. The van der Waals surface area contributed by atoms with E-state index < -0.39 is 5.41 Å². The van der Waals surface area contributed by atoms with E-state index in [1.165, 1.54) is 51.7 Å². The van der Waals surface area contributed by atoms with Crippen LogP contribution in [0.15, 0.2) is 54.7 Å². The number of carbonyl (C=O) groups is 1. The molecule has 6 nitrogen and oxygen atoms in total. The zero-order chi connectivity index (χ0) is 30.1. The quantitative estimate of drug-likeness (QED) is 0.201. The van der Waals surface area contributed by atoms with Crippen molar-refractivity contribution in [2.24, 2.45) is 5.92 Å². The van der Waals surface area contributed by atoms with Gasteiger partial charge in [0.05, 0.1) is 12.5 Å². The molecule has 43 heavy (non-hydrogen) atoms. The Morgan fingerprint density at radius 2 is 1.74 bits per heavy atom. The van der Waals surface area contributed by atoms with Crippen molar-refractivity contribution in [3.05, 3.63) is 82.5 Å². The second kappa shape index (κ2) is 12.2. The Hall–Kier alpha value is -3.64. The third-order valence-corrected chi connectivity index (χ3v) is 9.79. The summed E-state index contributed by atoms with van der Waals surface area (Å²) < 4.78 is 5.18. The fourth-order valence-corrected chi connectivity index (χ4v) is 7.31. The zero-order valence-corrected chi connectivity index (χ0v) is 26.4. The van der Waals surface area contributed by atoms with Crippen molar-refractivity contribution >= 4 is 16.8 Å². The summed E-state index contributed by atoms with van der Waals surface area (Å²) in [6, 6.07) is 17.8. The molecule has 0 atom stereocenters. The number of H-pyrrole nitrogens is 1. The summed E-state index contributed by atoms with van der Waals surface area (Å²) in [4.78, 5) is 24.3. The van der Waals surface area contributed by atoms with Gasteiger partial charge in [0.15, 0.2) is 0 Å². The molecule has 226 valence electrons. The smallest absolute Gasteiger partial charge is 0.232 e. The molecule has 2 aliphatic heterocycles. The van der Waals surface area contributed by atoms with E-state index in [0.717, 1.165) is 56.4 Å². The Kier molecular flexibility index (Phi) is 8.32. The van der Waals surface area contributed by atoms with Gasteiger partial charge in [-0.3, -0.25) is 4.79 Å². The second-order valence-electron chi connectivity index (χ2n) is 13.3. The largest absolute Gasteiger partial charge is 0.481 e. The van der Waals surface area contributed by atoms with Crippen molar-refractivity contribution in [3.63, 3.8) is 0 Å². The van der Waals surface area contributed by atoms with Crippen LogP contribution >= 0.6 is 0 Å². The number of piperidine rings is 2. The molecule has 1 aliphatic carbocycles. The number of aromatic nitrogens is 2. The molecule has 1 amide bonds. The monoisotopic (exact) mass is 578 g/mol. The Balaban J connectivity index is 1.26. The average molecular weight is 579 g/mol. The summed E-state index contributed by atoms with van der Waals surface area (Å²) in [5, 5.41) is 4.87. The predicted octanol–water partition coefficient (Wildman–Crippen LogP) is 6.91. The minimum atomic E-state index is -0.578. The highest BCUT2D eigenvalue weighted by Gasteiger charge is 2.42. The number of fused-ring (bicyclic) bond motifs is 4. The minimum absolute atomic E-state index is 0.280. The van der Waals surface area contributed by atoms with Gasteiger partial charge in [0, 0.05) is 41.4 Å². The lowest BCUT2D eigenvalue weighted by atomic mass is 9.76. The highest BCUT2D eigenvalue weighted by molar-refractivity contribution is 5.94. The molecule has 4 heterocycles.